The fourth-order valence-electron chi connectivity index (χ4n) is 4.66. The Kier molecular flexibility index (Phi) is 4.10. The first-order valence-corrected chi connectivity index (χ1v) is 9.12. The van der Waals surface area contributed by atoms with Gasteiger partial charge in [0.2, 0.25) is 0 Å². The molecule has 0 N–H and O–H groups in total. The van der Waals surface area contributed by atoms with Crippen molar-refractivity contribution in [2.45, 2.75) is 84.3 Å². The maximum Gasteiger partial charge on any atom is 0.509 e. The molecule has 0 amide bonds. The van der Waals surface area contributed by atoms with E-state index in [-0.39, 0.29) is 16.9 Å². The molecule has 1 aliphatic heterocycles. The molecule has 1 saturated heterocycles. The Bertz CT molecular complexity index is 545. The van der Waals surface area contributed by atoms with Gasteiger partial charge in [0.1, 0.15) is 0 Å². The molecule has 1 fully saturated rings. The van der Waals surface area contributed by atoms with Crippen molar-refractivity contribution in [2.24, 2.45) is 10.8 Å². The molecule has 3 rings (SSSR count). The van der Waals surface area contributed by atoms with Crippen LogP contribution in [0, 0.1) is 10.8 Å². The molecule has 1 heterocycles. The van der Waals surface area contributed by atoms with Crippen LogP contribution in [0.4, 0.5) is 4.79 Å². The van der Waals surface area contributed by atoms with Gasteiger partial charge in [0.05, 0.1) is 0 Å². The molecule has 3 heteroatoms. The van der Waals surface area contributed by atoms with Gasteiger partial charge in [0.25, 0.3) is 0 Å². The Morgan fingerprint density at radius 2 is 2.09 bits per heavy atom. The van der Waals surface area contributed by atoms with Crippen molar-refractivity contribution in [1.29, 1.82) is 0 Å². The lowest BCUT2D eigenvalue weighted by Gasteiger charge is -2.49. The Morgan fingerprint density at radius 1 is 1.30 bits per heavy atom. The van der Waals surface area contributed by atoms with Gasteiger partial charge in [-0.15, -0.1) is 0 Å². The van der Waals surface area contributed by atoms with Gasteiger partial charge < -0.3 is 9.47 Å². The highest BCUT2D eigenvalue weighted by molar-refractivity contribution is 5.65. The SMILES string of the molecule is CCCC[C@]12OC(=O)O[C@@H]1C1=CCCC[C@@]1(C)/C=C\CC2(C)C. The van der Waals surface area contributed by atoms with E-state index >= 15 is 0 Å². The van der Waals surface area contributed by atoms with Crippen LogP contribution in [0.3, 0.4) is 0 Å². The second-order valence-electron chi connectivity index (χ2n) is 8.30. The van der Waals surface area contributed by atoms with Crippen molar-refractivity contribution in [3.63, 3.8) is 0 Å². The van der Waals surface area contributed by atoms with E-state index in [0.29, 0.717) is 0 Å². The van der Waals surface area contributed by atoms with Crippen LogP contribution in [-0.2, 0) is 9.47 Å². The summed E-state index contributed by atoms with van der Waals surface area (Å²) in [5, 5.41) is 0. The van der Waals surface area contributed by atoms with Gasteiger partial charge in [-0.25, -0.2) is 4.79 Å². The van der Waals surface area contributed by atoms with Crippen LogP contribution in [0.2, 0.25) is 0 Å². The standard InChI is InChI=1S/C20H30O3/c1-5-6-14-20-16(22-17(21)23-20)15-10-7-8-12-19(15,4)13-9-11-18(20,2)3/h9-10,13,16H,5-8,11-12,14H2,1-4H3/b13-9-/t16-,19+,20+/m1/s1. The van der Waals surface area contributed by atoms with Crippen LogP contribution in [-0.4, -0.2) is 17.9 Å². The third kappa shape index (κ3) is 2.53. The number of hydrogen-bond donors (Lipinski definition) is 0. The molecule has 0 bridgehead atoms. The minimum Gasteiger partial charge on any atom is -0.423 e. The van der Waals surface area contributed by atoms with Crippen molar-refractivity contribution in [3.8, 4) is 0 Å². The molecule has 0 aromatic heterocycles. The number of rotatable bonds is 3. The minimum absolute atomic E-state index is 0.00907. The third-order valence-electron chi connectivity index (χ3n) is 6.27. The molecule has 3 aliphatic rings. The maximum absolute atomic E-state index is 12.2. The molecular formula is C20H30O3. The van der Waals surface area contributed by atoms with Crippen molar-refractivity contribution in [2.75, 3.05) is 0 Å². The zero-order valence-corrected chi connectivity index (χ0v) is 15.0. The lowest BCUT2D eigenvalue weighted by Crippen LogP contribution is -2.55. The van der Waals surface area contributed by atoms with E-state index in [1.165, 1.54) is 12.0 Å². The Hall–Kier alpha value is -1.25. The summed E-state index contributed by atoms with van der Waals surface area (Å²) in [7, 11) is 0. The highest BCUT2D eigenvalue weighted by Gasteiger charge is 2.62. The largest absolute Gasteiger partial charge is 0.509 e. The lowest BCUT2D eigenvalue weighted by atomic mass is 9.59. The number of carbonyl (C=O) groups excluding carboxylic acids is 1. The van der Waals surface area contributed by atoms with Crippen molar-refractivity contribution >= 4 is 6.16 Å². The quantitative estimate of drug-likeness (QED) is 0.505. The summed E-state index contributed by atoms with van der Waals surface area (Å²) >= 11 is 0. The minimum atomic E-state index is -0.546. The fourth-order valence-corrected chi connectivity index (χ4v) is 4.66. The summed E-state index contributed by atoms with van der Waals surface area (Å²) < 4.78 is 11.8. The Balaban J connectivity index is 2.13. The summed E-state index contributed by atoms with van der Waals surface area (Å²) in [5.74, 6) is 0. The second-order valence-corrected chi connectivity index (χ2v) is 8.30. The van der Waals surface area contributed by atoms with Crippen LogP contribution < -0.4 is 0 Å². The zero-order valence-electron chi connectivity index (χ0n) is 15.0. The van der Waals surface area contributed by atoms with Gasteiger partial charge >= 0.3 is 6.16 Å². The predicted molar refractivity (Wildman–Crippen MR) is 91.2 cm³/mol. The summed E-state index contributed by atoms with van der Waals surface area (Å²) in [4.78, 5) is 12.2. The molecule has 0 aromatic rings. The van der Waals surface area contributed by atoms with Gasteiger partial charge in [-0.05, 0) is 44.1 Å². The van der Waals surface area contributed by atoms with Gasteiger partial charge in [-0.3, -0.25) is 0 Å². The van der Waals surface area contributed by atoms with Crippen LogP contribution in [0.5, 0.6) is 0 Å². The van der Waals surface area contributed by atoms with E-state index in [9.17, 15) is 4.79 Å². The first kappa shape index (κ1) is 16.6. The predicted octanol–water partition coefficient (Wildman–Crippen LogP) is 5.55. The van der Waals surface area contributed by atoms with Crippen LogP contribution in [0.1, 0.15) is 72.6 Å². The number of fused-ring (bicyclic) bond motifs is 3. The fraction of sp³-hybridized carbons (Fsp3) is 0.750. The zero-order chi connectivity index (χ0) is 16.7. The Labute approximate surface area is 140 Å². The maximum atomic E-state index is 12.2. The van der Waals surface area contributed by atoms with E-state index in [1.54, 1.807) is 0 Å². The van der Waals surface area contributed by atoms with Gasteiger partial charge in [0, 0.05) is 10.8 Å². The highest BCUT2D eigenvalue weighted by atomic mass is 16.8. The van der Waals surface area contributed by atoms with Crippen molar-refractivity contribution < 1.29 is 14.3 Å². The molecule has 2 aliphatic carbocycles. The molecule has 0 saturated carbocycles. The lowest BCUT2D eigenvalue weighted by molar-refractivity contribution is -0.0740. The van der Waals surface area contributed by atoms with Gasteiger partial charge in [-0.2, -0.15) is 0 Å². The molecule has 0 spiro atoms. The molecule has 128 valence electrons. The molecule has 0 radical (unpaired) electrons. The average molecular weight is 318 g/mol. The number of hydrogen-bond acceptors (Lipinski definition) is 3. The molecule has 0 unspecified atom stereocenters. The van der Waals surface area contributed by atoms with Gasteiger partial charge in [-0.1, -0.05) is 52.3 Å². The number of allylic oxidation sites excluding steroid dienone is 3. The number of unbranched alkanes of at least 4 members (excludes halogenated alkanes) is 1. The molecule has 23 heavy (non-hydrogen) atoms. The first-order chi connectivity index (χ1) is 10.8. The van der Waals surface area contributed by atoms with Crippen molar-refractivity contribution in [1.82, 2.24) is 0 Å². The first-order valence-electron chi connectivity index (χ1n) is 9.12. The van der Waals surface area contributed by atoms with Crippen LogP contribution in [0.25, 0.3) is 0 Å². The number of ether oxygens (including phenoxy) is 2. The summed E-state index contributed by atoms with van der Waals surface area (Å²) in [6.45, 7) is 8.90. The molecule has 3 atom stereocenters. The van der Waals surface area contributed by atoms with Crippen LogP contribution >= 0.6 is 0 Å². The van der Waals surface area contributed by atoms with E-state index in [1.807, 2.05) is 0 Å². The highest BCUT2D eigenvalue weighted by Crippen LogP contribution is 2.56. The third-order valence-corrected chi connectivity index (χ3v) is 6.27. The van der Waals surface area contributed by atoms with E-state index in [4.69, 9.17) is 9.47 Å². The normalized spacial score (nSPS) is 39.9. The van der Waals surface area contributed by atoms with Crippen LogP contribution in [0.15, 0.2) is 23.8 Å². The molecule has 0 aromatic carbocycles. The average Bonchev–Trinajstić information content (AvgIpc) is 2.82. The summed E-state index contributed by atoms with van der Waals surface area (Å²) in [5.41, 5.74) is 0.560. The van der Waals surface area contributed by atoms with E-state index in [0.717, 1.165) is 38.5 Å². The topological polar surface area (TPSA) is 35.5 Å². The van der Waals surface area contributed by atoms with E-state index in [2.05, 4.69) is 45.9 Å². The van der Waals surface area contributed by atoms with Gasteiger partial charge in [0.15, 0.2) is 11.7 Å². The van der Waals surface area contributed by atoms with Crippen molar-refractivity contribution in [3.05, 3.63) is 23.8 Å². The Morgan fingerprint density at radius 3 is 2.83 bits per heavy atom. The number of carbonyl (C=O) groups is 1. The smallest absolute Gasteiger partial charge is 0.423 e. The summed E-state index contributed by atoms with van der Waals surface area (Å²) in [6.07, 6.45) is 13.5. The molecular weight excluding hydrogens is 288 g/mol. The second kappa shape index (κ2) is 5.68. The monoisotopic (exact) mass is 318 g/mol. The molecule has 3 nitrogen and oxygen atoms in total. The summed E-state index contributed by atoms with van der Waals surface area (Å²) in [6, 6.07) is 0. The van der Waals surface area contributed by atoms with E-state index < -0.39 is 11.8 Å².